The number of amides is 1. The van der Waals surface area contributed by atoms with Gasteiger partial charge >= 0.3 is 0 Å². The van der Waals surface area contributed by atoms with Gasteiger partial charge in [0.1, 0.15) is 5.56 Å². The normalized spacial score (nSPS) is 24.2. The number of carbonyl (C=O) groups excluding carboxylic acids is 1. The van der Waals surface area contributed by atoms with Gasteiger partial charge in [-0.15, -0.1) is 0 Å². The summed E-state index contributed by atoms with van der Waals surface area (Å²) in [6, 6.07) is 1.35. The molecule has 1 aliphatic heterocycles. The van der Waals surface area contributed by atoms with Gasteiger partial charge in [0.05, 0.1) is 0 Å². The van der Waals surface area contributed by atoms with Crippen molar-refractivity contribution < 1.29 is 9.00 Å². The molecule has 2 heterocycles. The monoisotopic (exact) mass is 254 g/mol. The third-order valence-corrected chi connectivity index (χ3v) is 4.17. The molecule has 2 rings (SSSR count). The smallest absolute Gasteiger partial charge is 0.256 e. The van der Waals surface area contributed by atoms with Gasteiger partial charge in [0.15, 0.2) is 5.43 Å². The molecule has 0 aliphatic carbocycles. The Morgan fingerprint density at radius 1 is 1.41 bits per heavy atom. The summed E-state index contributed by atoms with van der Waals surface area (Å²) in [5.41, 5.74) is -0.167. The van der Waals surface area contributed by atoms with Crippen LogP contribution in [0.5, 0.6) is 0 Å². The predicted molar refractivity (Wildman–Crippen MR) is 65.4 cm³/mol. The van der Waals surface area contributed by atoms with Gasteiger partial charge in [-0.1, -0.05) is 0 Å². The van der Waals surface area contributed by atoms with E-state index in [-0.39, 0.29) is 22.9 Å². The van der Waals surface area contributed by atoms with E-state index in [1.807, 2.05) is 0 Å². The van der Waals surface area contributed by atoms with Crippen molar-refractivity contribution in [2.75, 3.05) is 11.5 Å². The van der Waals surface area contributed by atoms with Crippen LogP contribution in [0.15, 0.2) is 23.3 Å². The number of hydrogen-bond acceptors (Lipinski definition) is 3. The maximum atomic E-state index is 11.8. The second-order valence-corrected chi connectivity index (χ2v) is 5.71. The largest absolute Gasteiger partial charge is 0.367 e. The van der Waals surface area contributed by atoms with Crippen LogP contribution in [-0.2, 0) is 10.8 Å². The van der Waals surface area contributed by atoms with E-state index in [1.54, 1.807) is 0 Å². The van der Waals surface area contributed by atoms with Crippen molar-refractivity contribution in [1.29, 1.82) is 0 Å². The molecular formula is C11H14N2O3S. The number of aromatic amines is 1. The fourth-order valence-corrected chi connectivity index (χ4v) is 3.09. The Labute approximate surface area is 101 Å². The molecule has 0 saturated carbocycles. The molecule has 0 unspecified atom stereocenters. The fourth-order valence-electron chi connectivity index (χ4n) is 1.79. The number of pyridine rings is 1. The average molecular weight is 254 g/mol. The number of carbonyl (C=O) groups is 1. The van der Waals surface area contributed by atoms with Crippen LogP contribution in [0.3, 0.4) is 0 Å². The third kappa shape index (κ3) is 3.03. The molecule has 2 N–H and O–H groups in total. The van der Waals surface area contributed by atoms with Gasteiger partial charge in [-0.3, -0.25) is 13.8 Å². The second-order valence-electron chi connectivity index (χ2n) is 4.02. The molecule has 1 amide bonds. The van der Waals surface area contributed by atoms with E-state index in [1.165, 1.54) is 18.5 Å². The van der Waals surface area contributed by atoms with Crippen LogP contribution in [0.2, 0.25) is 0 Å². The second kappa shape index (κ2) is 5.27. The van der Waals surface area contributed by atoms with Crippen LogP contribution in [0.1, 0.15) is 23.2 Å². The molecular weight excluding hydrogens is 240 g/mol. The number of H-pyrrole nitrogens is 1. The predicted octanol–water partition coefficient (Wildman–Crippen LogP) is 0.0158. The van der Waals surface area contributed by atoms with E-state index >= 15 is 0 Å². The highest BCUT2D eigenvalue weighted by Gasteiger charge is 2.20. The molecule has 0 aromatic carbocycles. The molecule has 0 bridgehead atoms. The average Bonchev–Trinajstić information content (AvgIpc) is 2.32. The Hall–Kier alpha value is -1.43. The number of nitrogens with one attached hydrogen (secondary N) is 2. The van der Waals surface area contributed by atoms with Gasteiger partial charge in [0.2, 0.25) is 0 Å². The highest BCUT2D eigenvalue weighted by Crippen LogP contribution is 2.09. The molecule has 17 heavy (non-hydrogen) atoms. The van der Waals surface area contributed by atoms with Crippen molar-refractivity contribution in [3.8, 4) is 0 Å². The Kier molecular flexibility index (Phi) is 3.73. The summed E-state index contributed by atoms with van der Waals surface area (Å²) < 4.78 is 11.2. The highest BCUT2D eigenvalue weighted by atomic mass is 32.2. The minimum atomic E-state index is -0.744. The van der Waals surface area contributed by atoms with Crippen molar-refractivity contribution in [1.82, 2.24) is 10.3 Å². The van der Waals surface area contributed by atoms with E-state index in [9.17, 15) is 13.8 Å². The molecule has 0 radical (unpaired) electrons. The van der Waals surface area contributed by atoms with E-state index in [0.29, 0.717) is 24.3 Å². The summed E-state index contributed by atoms with van der Waals surface area (Å²) in [5, 5.41) is 2.80. The Morgan fingerprint density at radius 2 is 2.12 bits per heavy atom. The van der Waals surface area contributed by atoms with Crippen molar-refractivity contribution in [3.63, 3.8) is 0 Å². The lowest BCUT2D eigenvalue weighted by molar-refractivity contribution is 0.0933. The maximum absolute atomic E-state index is 11.8. The van der Waals surface area contributed by atoms with Crippen LogP contribution in [0.4, 0.5) is 0 Å². The Balaban J connectivity index is 2.00. The van der Waals surface area contributed by atoms with Crippen molar-refractivity contribution in [2.24, 2.45) is 0 Å². The van der Waals surface area contributed by atoms with Crippen LogP contribution >= 0.6 is 0 Å². The molecule has 5 nitrogen and oxygen atoms in total. The van der Waals surface area contributed by atoms with Gasteiger partial charge in [0.25, 0.3) is 5.91 Å². The fraction of sp³-hybridized carbons (Fsp3) is 0.455. The Bertz CT molecular complexity index is 487. The van der Waals surface area contributed by atoms with E-state index < -0.39 is 10.8 Å². The number of rotatable bonds is 2. The first-order valence-corrected chi connectivity index (χ1v) is 6.98. The van der Waals surface area contributed by atoms with Crippen LogP contribution in [0.25, 0.3) is 0 Å². The minimum Gasteiger partial charge on any atom is -0.367 e. The molecule has 1 aromatic rings. The lowest BCUT2D eigenvalue weighted by Gasteiger charge is -2.22. The van der Waals surface area contributed by atoms with Crippen molar-refractivity contribution >= 4 is 16.7 Å². The summed E-state index contributed by atoms with van der Waals surface area (Å²) >= 11 is 0. The van der Waals surface area contributed by atoms with Crippen LogP contribution in [-0.4, -0.2) is 32.6 Å². The number of hydrogen-bond donors (Lipinski definition) is 2. The zero-order valence-electron chi connectivity index (χ0n) is 9.27. The standard InChI is InChI=1S/C11H14N2O3S/c14-10-1-4-12-7-9(10)11(15)13-8-2-5-17(16)6-3-8/h1,4,7-8H,2-3,5-6H2,(H,12,14)(H,13,15). The molecule has 1 aliphatic rings. The first-order valence-electron chi connectivity index (χ1n) is 5.50. The summed E-state index contributed by atoms with van der Waals surface area (Å²) in [4.78, 5) is 26.0. The van der Waals surface area contributed by atoms with Crippen LogP contribution in [0, 0.1) is 0 Å². The van der Waals surface area contributed by atoms with Gasteiger partial charge in [-0.05, 0) is 12.8 Å². The third-order valence-electron chi connectivity index (χ3n) is 2.79. The summed E-state index contributed by atoms with van der Waals surface area (Å²) in [6.45, 7) is 0. The highest BCUT2D eigenvalue weighted by molar-refractivity contribution is 7.85. The molecule has 1 aromatic heterocycles. The van der Waals surface area contributed by atoms with Gasteiger partial charge in [-0.2, -0.15) is 0 Å². The molecule has 6 heteroatoms. The summed E-state index contributed by atoms with van der Waals surface area (Å²) in [6.07, 6.45) is 4.31. The van der Waals surface area contributed by atoms with Gasteiger partial charge in [0, 0.05) is 46.8 Å². The van der Waals surface area contributed by atoms with Crippen molar-refractivity contribution in [3.05, 3.63) is 34.2 Å². The van der Waals surface area contributed by atoms with E-state index in [4.69, 9.17) is 0 Å². The SMILES string of the molecule is O=C(NC1CCS(=O)CC1)c1c[nH]ccc1=O. The van der Waals surface area contributed by atoms with Crippen LogP contribution < -0.4 is 10.7 Å². The molecule has 1 saturated heterocycles. The number of aromatic nitrogens is 1. The van der Waals surface area contributed by atoms with E-state index in [0.717, 1.165) is 0 Å². The lowest BCUT2D eigenvalue weighted by atomic mass is 10.1. The molecule has 92 valence electrons. The van der Waals surface area contributed by atoms with Crippen molar-refractivity contribution in [2.45, 2.75) is 18.9 Å². The molecule has 0 spiro atoms. The first-order chi connectivity index (χ1) is 8.16. The summed E-state index contributed by atoms with van der Waals surface area (Å²) in [7, 11) is -0.744. The zero-order chi connectivity index (χ0) is 12.3. The summed E-state index contributed by atoms with van der Waals surface area (Å²) in [5.74, 6) is 0.885. The quantitative estimate of drug-likeness (QED) is 0.780. The first kappa shape index (κ1) is 12.0. The molecule has 1 fully saturated rings. The molecule has 0 atom stereocenters. The maximum Gasteiger partial charge on any atom is 0.256 e. The van der Waals surface area contributed by atoms with E-state index in [2.05, 4.69) is 10.3 Å². The minimum absolute atomic E-state index is 0.0276. The van der Waals surface area contributed by atoms with Gasteiger partial charge in [-0.25, -0.2) is 0 Å². The lowest BCUT2D eigenvalue weighted by Crippen LogP contribution is -2.41. The zero-order valence-corrected chi connectivity index (χ0v) is 10.1. The van der Waals surface area contributed by atoms with Gasteiger partial charge < -0.3 is 10.3 Å². The Morgan fingerprint density at radius 3 is 2.76 bits per heavy atom. The topological polar surface area (TPSA) is 79.0 Å².